The zero-order valence-corrected chi connectivity index (χ0v) is 20.5. The van der Waals surface area contributed by atoms with Crippen LogP contribution in [-0.2, 0) is 27.6 Å². The first-order valence-corrected chi connectivity index (χ1v) is 13.4. The number of hydrogen-bond donors (Lipinski definition) is 1. The average Bonchev–Trinajstić information content (AvgIpc) is 2.86. The Labute approximate surface area is 201 Å². The van der Waals surface area contributed by atoms with Gasteiger partial charge in [-0.05, 0) is 73.8 Å². The molecule has 0 aliphatic carbocycles. The molecule has 1 saturated heterocycles. The summed E-state index contributed by atoms with van der Waals surface area (Å²) >= 11 is 0. The fourth-order valence-electron chi connectivity index (χ4n) is 4.62. The van der Waals surface area contributed by atoms with Crippen molar-refractivity contribution in [1.29, 1.82) is 0 Å². The number of aromatic nitrogens is 1. The monoisotopic (exact) mass is 488 g/mol. The lowest BCUT2D eigenvalue weighted by Crippen LogP contribution is -2.44. The van der Waals surface area contributed by atoms with E-state index in [1.807, 2.05) is 19.9 Å². The van der Waals surface area contributed by atoms with Crippen molar-refractivity contribution in [2.24, 2.45) is 5.92 Å². The summed E-state index contributed by atoms with van der Waals surface area (Å²) in [6.45, 7) is 5.70. The van der Waals surface area contributed by atoms with Crippen molar-refractivity contribution >= 4 is 21.8 Å². The van der Waals surface area contributed by atoms with Gasteiger partial charge in [-0.1, -0.05) is 19.9 Å². The van der Waals surface area contributed by atoms with Gasteiger partial charge >= 0.3 is 5.97 Å². The number of ether oxygens (including phenoxy) is 2. The highest BCUT2D eigenvalue weighted by atomic mass is 32.2. The van der Waals surface area contributed by atoms with Crippen molar-refractivity contribution < 1.29 is 27.8 Å². The average molecular weight is 489 g/mol. The Kier molecular flexibility index (Phi) is 7.42. The van der Waals surface area contributed by atoms with Gasteiger partial charge in [0.05, 0.1) is 11.5 Å². The van der Waals surface area contributed by atoms with Crippen LogP contribution < -0.4 is 9.04 Å². The summed E-state index contributed by atoms with van der Waals surface area (Å²) in [5.41, 5.74) is 1.81. The molecule has 0 bridgehead atoms. The van der Waals surface area contributed by atoms with Crippen LogP contribution in [0.1, 0.15) is 61.0 Å². The van der Waals surface area contributed by atoms with Crippen LogP contribution in [0.3, 0.4) is 0 Å². The summed E-state index contributed by atoms with van der Waals surface area (Å²) in [4.78, 5) is 16.4. The molecule has 8 nitrogen and oxygen atoms in total. The van der Waals surface area contributed by atoms with Crippen LogP contribution in [0.4, 0.5) is 5.82 Å². The van der Waals surface area contributed by atoms with Gasteiger partial charge in [-0.3, -0.25) is 0 Å². The molecule has 1 fully saturated rings. The molecular weight excluding hydrogens is 456 g/mol. The van der Waals surface area contributed by atoms with Crippen molar-refractivity contribution in [3.05, 3.63) is 47.2 Å². The molecule has 1 aromatic carbocycles. The van der Waals surface area contributed by atoms with Crippen LogP contribution >= 0.6 is 0 Å². The van der Waals surface area contributed by atoms with E-state index in [1.165, 1.54) is 22.5 Å². The van der Waals surface area contributed by atoms with Gasteiger partial charge in [0.15, 0.2) is 0 Å². The van der Waals surface area contributed by atoms with Gasteiger partial charge in [0.1, 0.15) is 17.1 Å². The lowest BCUT2D eigenvalue weighted by molar-refractivity contribution is 0.0490. The fourth-order valence-corrected chi connectivity index (χ4v) is 6.39. The van der Waals surface area contributed by atoms with Crippen LogP contribution in [0, 0.1) is 5.92 Å². The summed E-state index contributed by atoms with van der Waals surface area (Å²) in [6, 6.07) is 5.87. The number of aryl methyl sites for hydroxylation is 2. The molecule has 3 heterocycles. The lowest BCUT2D eigenvalue weighted by atomic mass is 9.98. The van der Waals surface area contributed by atoms with Crippen LogP contribution in [0.15, 0.2) is 35.4 Å². The number of hydrogen-bond acceptors (Lipinski definition) is 6. The molecule has 184 valence electrons. The number of carboxylic acids is 1. The molecule has 0 saturated carbocycles. The largest absolute Gasteiger partial charge is 0.492 e. The maximum Gasteiger partial charge on any atom is 0.339 e. The minimum absolute atomic E-state index is 0.0732. The quantitative estimate of drug-likeness (QED) is 0.597. The molecule has 34 heavy (non-hydrogen) atoms. The summed E-state index contributed by atoms with van der Waals surface area (Å²) < 4.78 is 40.2. The standard InChI is InChI=1S/C25H32N2O6S/c1-3-17-13-19-5-6-20(4-2)27(24(19)26-15-17)34(30,31)21-7-8-23(22(14-21)25(28)29)33-16-18-9-11-32-12-10-18/h7-8,13-15,18,20H,3-6,9-12,16H2,1-2H3,(H,28,29). The Morgan fingerprint density at radius 2 is 1.97 bits per heavy atom. The number of carboxylic acid groups (broad SMARTS) is 1. The third kappa shape index (κ3) is 4.90. The van der Waals surface area contributed by atoms with Crippen molar-refractivity contribution in [3.8, 4) is 5.75 Å². The number of nitrogens with zero attached hydrogens (tertiary/aromatic N) is 2. The zero-order chi connectivity index (χ0) is 24.3. The summed E-state index contributed by atoms with van der Waals surface area (Å²) in [5.74, 6) is -0.328. The second-order valence-corrected chi connectivity index (χ2v) is 10.7. The topological polar surface area (TPSA) is 106 Å². The number of carbonyl (C=O) groups is 1. The number of rotatable bonds is 8. The molecule has 1 atom stereocenters. The van der Waals surface area contributed by atoms with Gasteiger partial charge < -0.3 is 14.6 Å². The summed E-state index contributed by atoms with van der Waals surface area (Å²) in [5, 5.41) is 9.80. The minimum atomic E-state index is -4.03. The zero-order valence-electron chi connectivity index (χ0n) is 19.7. The number of fused-ring (bicyclic) bond motifs is 1. The summed E-state index contributed by atoms with van der Waals surface area (Å²) in [6.07, 6.45) is 6.34. The van der Waals surface area contributed by atoms with Crippen LogP contribution in [-0.4, -0.2) is 50.3 Å². The molecule has 2 aliphatic heterocycles. The molecule has 1 unspecified atom stereocenters. The van der Waals surface area contributed by atoms with Crippen molar-refractivity contribution in [3.63, 3.8) is 0 Å². The molecule has 9 heteroatoms. The third-order valence-corrected chi connectivity index (χ3v) is 8.56. The molecule has 4 rings (SSSR count). The second-order valence-electron chi connectivity index (χ2n) is 8.91. The Hall–Kier alpha value is -2.65. The maximum atomic E-state index is 13.8. The van der Waals surface area contributed by atoms with E-state index in [2.05, 4.69) is 4.98 Å². The molecule has 0 amide bonds. The molecule has 0 radical (unpaired) electrons. The van der Waals surface area contributed by atoms with Crippen LogP contribution in [0.25, 0.3) is 0 Å². The fraction of sp³-hybridized carbons (Fsp3) is 0.520. The highest BCUT2D eigenvalue weighted by Crippen LogP contribution is 2.36. The number of sulfonamides is 1. The highest BCUT2D eigenvalue weighted by Gasteiger charge is 2.37. The van der Waals surface area contributed by atoms with E-state index in [9.17, 15) is 18.3 Å². The third-order valence-electron chi connectivity index (χ3n) is 6.72. The first kappa shape index (κ1) is 24.5. The van der Waals surface area contributed by atoms with E-state index in [0.29, 0.717) is 38.5 Å². The smallest absolute Gasteiger partial charge is 0.339 e. The maximum absolute atomic E-state index is 13.8. The number of anilines is 1. The van der Waals surface area contributed by atoms with Gasteiger partial charge in [0.25, 0.3) is 10.0 Å². The van der Waals surface area contributed by atoms with E-state index in [4.69, 9.17) is 9.47 Å². The van der Waals surface area contributed by atoms with E-state index in [0.717, 1.165) is 36.8 Å². The number of benzene rings is 1. The molecule has 1 N–H and O–H groups in total. The highest BCUT2D eigenvalue weighted by molar-refractivity contribution is 7.92. The van der Waals surface area contributed by atoms with Gasteiger partial charge in [0.2, 0.25) is 0 Å². The number of pyridine rings is 1. The van der Waals surface area contributed by atoms with Crippen LogP contribution in [0.5, 0.6) is 5.75 Å². The van der Waals surface area contributed by atoms with Crippen LogP contribution in [0.2, 0.25) is 0 Å². The normalized spacial score (nSPS) is 19.0. The lowest BCUT2D eigenvalue weighted by Gasteiger charge is -2.36. The Morgan fingerprint density at radius 3 is 2.65 bits per heavy atom. The Morgan fingerprint density at radius 1 is 1.21 bits per heavy atom. The second kappa shape index (κ2) is 10.3. The van der Waals surface area contributed by atoms with Gasteiger partial charge in [0, 0.05) is 25.5 Å². The minimum Gasteiger partial charge on any atom is -0.492 e. The van der Waals surface area contributed by atoms with Gasteiger partial charge in [-0.15, -0.1) is 0 Å². The molecule has 2 aliphatic rings. The van der Waals surface area contributed by atoms with Gasteiger partial charge in [-0.2, -0.15) is 0 Å². The summed E-state index contributed by atoms with van der Waals surface area (Å²) in [7, 11) is -4.03. The first-order chi connectivity index (χ1) is 16.3. The predicted molar refractivity (Wildman–Crippen MR) is 128 cm³/mol. The molecule has 2 aromatic rings. The van der Waals surface area contributed by atoms with Gasteiger partial charge in [-0.25, -0.2) is 22.5 Å². The van der Waals surface area contributed by atoms with E-state index >= 15 is 0 Å². The Bertz CT molecular complexity index is 1140. The molecular formula is C25H32N2O6S. The van der Waals surface area contributed by atoms with Crippen molar-refractivity contribution in [1.82, 2.24) is 4.98 Å². The molecule has 1 aromatic heterocycles. The van der Waals surface area contributed by atoms with Crippen molar-refractivity contribution in [2.45, 2.75) is 63.3 Å². The van der Waals surface area contributed by atoms with E-state index in [-0.39, 0.29) is 28.2 Å². The molecule has 0 spiro atoms. The predicted octanol–water partition coefficient (Wildman–Crippen LogP) is 4.07. The van der Waals surface area contributed by atoms with E-state index < -0.39 is 16.0 Å². The van der Waals surface area contributed by atoms with Crippen molar-refractivity contribution in [2.75, 3.05) is 24.1 Å². The first-order valence-electron chi connectivity index (χ1n) is 11.9. The SMILES string of the molecule is CCc1cnc2c(c1)CCC(CC)N2S(=O)(=O)c1ccc(OCC2CCOCC2)c(C(=O)O)c1. The Balaban J connectivity index is 1.67. The van der Waals surface area contributed by atoms with E-state index in [1.54, 1.807) is 6.20 Å². The number of aromatic carboxylic acids is 1.